The van der Waals surface area contributed by atoms with Crippen molar-refractivity contribution in [3.8, 4) is 11.5 Å². The van der Waals surface area contributed by atoms with Crippen LogP contribution in [-0.4, -0.2) is 63.0 Å². The average Bonchev–Trinajstić information content (AvgIpc) is 3.19. The Kier molecular flexibility index (Phi) is 7.14. The Bertz CT molecular complexity index is 677. The number of piperidine rings is 1. The first-order chi connectivity index (χ1) is 13.6. The molecule has 1 saturated heterocycles. The van der Waals surface area contributed by atoms with Crippen LogP contribution in [0.2, 0.25) is 0 Å². The molecule has 1 N–H and O–H groups in total. The minimum absolute atomic E-state index is 0.152. The lowest BCUT2D eigenvalue weighted by Crippen LogP contribution is -2.41. The third-order valence-electron chi connectivity index (χ3n) is 5.58. The fourth-order valence-corrected chi connectivity index (χ4v) is 3.85. The fourth-order valence-electron chi connectivity index (χ4n) is 3.85. The second kappa shape index (κ2) is 9.78. The molecular formula is C21H31N3O4. The van der Waals surface area contributed by atoms with Crippen molar-refractivity contribution < 1.29 is 19.1 Å². The molecule has 0 aliphatic carbocycles. The van der Waals surface area contributed by atoms with Crippen LogP contribution in [0.15, 0.2) is 23.4 Å². The first kappa shape index (κ1) is 20.5. The second-order valence-corrected chi connectivity index (χ2v) is 7.43. The highest BCUT2D eigenvalue weighted by Gasteiger charge is 2.26. The molecule has 3 rings (SSSR count). The normalized spacial score (nSPS) is 20.4. The van der Waals surface area contributed by atoms with E-state index in [1.165, 1.54) is 0 Å². The predicted molar refractivity (Wildman–Crippen MR) is 108 cm³/mol. The van der Waals surface area contributed by atoms with Crippen molar-refractivity contribution in [3.05, 3.63) is 23.8 Å². The van der Waals surface area contributed by atoms with Crippen LogP contribution in [0.1, 0.15) is 43.0 Å². The molecule has 154 valence electrons. The number of carbonyl (C=O) groups is 1. The highest BCUT2D eigenvalue weighted by molar-refractivity contribution is 5.99. The molecule has 1 unspecified atom stereocenters. The summed E-state index contributed by atoms with van der Waals surface area (Å²) in [6.07, 6.45) is 4.25. The summed E-state index contributed by atoms with van der Waals surface area (Å²) in [6.45, 7) is 5.77. The van der Waals surface area contributed by atoms with E-state index in [2.05, 4.69) is 22.3 Å². The Hall–Kier alpha value is -2.28. The number of nitrogens with zero attached hydrogens (tertiary/aromatic N) is 2. The summed E-state index contributed by atoms with van der Waals surface area (Å²) in [5.74, 6) is 1.38. The lowest BCUT2D eigenvalue weighted by molar-refractivity contribution is 0.0419. The number of hydrogen-bond donors (Lipinski definition) is 1. The van der Waals surface area contributed by atoms with Crippen LogP contribution >= 0.6 is 0 Å². The standard InChI is InChI=1S/C21H31N3O4/c1-4-16-12-17(28-23-16)14-24-10-8-15(9-11-24)13-22-21(25)20-18(26-2)6-5-7-19(20)27-3/h5-7,15,17H,4,8-14H2,1-3H3,(H,22,25). The van der Waals surface area contributed by atoms with Crippen LogP contribution in [0, 0.1) is 5.92 Å². The summed E-state index contributed by atoms with van der Waals surface area (Å²) in [4.78, 5) is 20.7. The number of amides is 1. The van der Waals surface area contributed by atoms with Gasteiger partial charge in [-0.1, -0.05) is 18.1 Å². The summed E-state index contributed by atoms with van der Waals surface area (Å²) in [6, 6.07) is 5.36. The minimum Gasteiger partial charge on any atom is -0.496 e. The molecule has 1 aromatic carbocycles. The zero-order chi connectivity index (χ0) is 19.9. The molecule has 0 radical (unpaired) electrons. The molecule has 2 aliphatic rings. The summed E-state index contributed by atoms with van der Waals surface area (Å²) in [5.41, 5.74) is 1.62. The lowest BCUT2D eigenvalue weighted by Gasteiger charge is -2.33. The Balaban J connectivity index is 1.44. The number of nitrogens with one attached hydrogen (secondary N) is 1. The number of oxime groups is 1. The van der Waals surface area contributed by atoms with Crippen LogP contribution in [-0.2, 0) is 4.84 Å². The zero-order valence-corrected chi connectivity index (χ0v) is 17.1. The van der Waals surface area contributed by atoms with Gasteiger partial charge < -0.3 is 19.6 Å². The first-order valence-electron chi connectivity index (χ1n) is 10.1. The largest absolute Gasteiger partial charge is 0.496 e. The number of rotatable bonds is 8. The lowest BCUT2D eigenvalue weighted by atomic mass is 9.96. The van der Waals surface area contributed by atoms with E-state index in [-0.39, 0.29) is 12.0 Å². The van der Waals surface area contributed by atoms with Crippen molar-refractivity contribution in [1.82, 2.24) is 10.2 Å². The van der Waals surface area contributed by atoms with Crippen LogP contribution in [0.5, 0.6) is 11.5 Å². The van der Waals surface area contributed by atoms with E-state index in [0.717, 1.165) is 51.0 Å². The van der Waals surface area contributed by atoms with Gasteiger partial charge in [0.2, 0.25) is 0 Å². The van der Waals surface area contributed by atoms with Gasteiger partial charge in [0.1, 0.15) is 23.2 Å². The number of hydrogen-bond acceptors (Lipinski definition) is 6. The molecule has 1 aromatic rings. The Morgan fingerprint density at radius 3 is 2.50 bits per heavy atom. The van der Waals surface area contributed by atoms with Crippen molar-refractivity contribution in [2.24, 2.45) is 11.1 Å². The molecular weight excluding hydrogens is 358 g/mol. The molecule has 2 heterocycles. The molecule has 0 saturated carbocycles. The molecule has 1 amide bonds. The third-order valence-corrected chi connectivity index (χ3v) is 5.58. The Morgan fingerprint density at radius 2 is 1.93 bits per heavy atom. The van der Waals surface area contributed by atoms with E-state index >= 15 is 0 Å². The third kappa shape index (κ3) is 4.95. The Labute approximate surface area is 167 Å². The monoisotopic (exact) mass is 389 g/mol. The van der Waals surface area contributed by atoms with E-state index in [9.17, 15) is 4.79 Å². The second-order valence-electron chi connectivity index (χ2n) is 7.43. The quantitative estimate of drug-likeness (QED) is 0.740. The van der Waals surface area contributed by atoms with E-state index in [1.807, 2.05) is 6.07 Å². The number of carbonyl (C=O) groups excluding carboxylic acids is 1. The van der Waals surface area contributed by atoms with Crippen molar-refractivity contribution >= 4 is 11.6 Å². The molecule has 7 heteroatoms. The van der Waals surface area contributed by atoms with E-state index in [0.29, 0.717) is 29.5 Å². The SMILES string of the molecule is CCC1=NOC(CN2CCC(CNC(=O)c3c(OC)cccc3OC)CC2)C1. The van der Waals surface area contributed by atoms with Gasteiger partial charge in [0.25, 0.3) is 5.91 Å². The van der Waals surface area contributed by atoms with Crippen LogP contribution in [0.3, 0.4) is 0 Å². The van der Waals surface area contributed by atoms with Gasteiger partial charge in [-0.15, -0.1) is 0 Å². The number of methoxy groups -OCH3 is 2. The zero-order valence-electron chi connectivity index (χ0n) is 17.1. The molecule has 0 bridgehead atoms. The van der Waals surface area contributed by atoms with Gasteiger partial charge in [0.15, 0.2) is 0 Å². The van der Waals surface area contributed by atoms with E-state index in [4.69, 9.17) is 14.3 Å². The molecule has 7 nitrogen and oxygen atoms in total. The maximum Gasteiger partial charge on any atom is 0.258 e. The van der Waals surface area contributed by atoms with Crippen LogP contribution in [0.4, 0.5) is 0 Å². The van der Waals surface area contributed by atoms with Crippen molar-refractivity contribution in [3.63, 3.8) is 0 Å². The summed E-state index contributed by atoms with van der Waals surface area (Å²) in [5, 5.41) is 7.20. The highest BCUT2D eigenvalue weighted by atomic mass is 16.6. The molecule has 1 atom stereocenters. The topological polar surface area (TPSA) is 72.4 Å². The number of benzene rings is 1. The minimum atomic E-state index is -0.152. The summed E-state index contributed by atoms with van der Waals surface area (Å²) in [7, 11) is 3.12. The van der Waals surface area contributed by atoms with Crippen molar-refractivity contribution in [2.75, 3.05) is 40.4 Å². The molecule has 1 fully saturated rings. The van der Waals surface area contributed by atoms with Crippen LogP contribution < -0.4 is 14.8 Å². The Morgan fingerprint density at radius 1 is 1.25 bits per heavy atom. The molecule has 0 aromatic heterocycles. The maximum absolute atomic E-state index is 12.7. The van der Waals surface area contributed by atoms with E-state index < -0.39 is 0 Å². The fraction of sp³-hybridized carbons (Fsp3) is 0.619. The van der Waals surface area contributed by atoms with Gasteiger partial charge in [-0.2, -0.15) is 0 Å². The van der Waals surface area contributed by atoms with Crippen molar-refractivity contribution in [1.29, 1.82) is 0 Å². The molecule has 28 heavy (non-hydrogen) atoms. The average molecular weight is 389 g/mol. The van der Waals surface area contributed by atoms with E-state index in [1.54, 1.807) is 26.4 Å². The van der Waals surface area contributed by atoms with Gasteiger partial charge >= 0.3 is 0 Å². The molecule has 0 spiro atoms. The summed E-state index contributed by atoms with van der Waals surface area (Å²) < 4.78 is 10.7. The van der Waals surface area contributed by atoms with Crippen molar-refractivity contribution in [2.45, 2.75) is 38.7 Å². The van der Waals surface area contributed by atoms with Gasteiger partial charge in [-0.25, -0.2) is 0 Å². The van der Waals surface area contributed by atoms with Crippen LogP contribution in [0.25, 0.3) is 0 Å². The van der Waals surface area contributed by atoms with Gasteiger partial charge in [-0.3, -0.25) is 9.69 Å². The summed E-state index contributed by atoms with van der Waals surface area (Å²) >= 11 is 0. The number of likely N-dealkylation sites (tertiary alicyclic amines) is 1. The van der Waals surface area contributed by atoms with Gasteiger partial charge in [0.05, 0.1) is 19.9 Å². The first-order valence-corrected chi connectivity index (χ1v) is 10.1. The number of ether oxygens (including phenoxy) is 2. The maximum atomic E-state index is 12.7. The van der Waals surface area contributed by atoms with Gasteiger partial charge in [0, 0.05) is 19.5 Å². The predicted octanol–water partition coefficient (Wildman–Crippen LogP) is 2.70. The van der Waals surface area contributed by atoms with Gasteiger partial charge in [-0.05, 0) is 50.4 Å². The smallest absolute Gasteiger partial charge is 0.258 e. The molecule has 2 aliphatic heterocycles. The highest BCUT2D eigenvalue weighted by Crippen LogP contribution is 2.28.